The van der Waals surface area contributed by atoms with Gasteiger partial charge < -0.3 is 9.05 Å². The normalized spacial score (nSPS) is 17.2. The van der Waals surface area contributed by atoms with Crippen LogP contribution in [0.3, 0.4) is 0 Å². The first-order valence-electron chi connectivity index (χ1n) is 10.4. The third-order valence-electron chi connectivity index (χ3n) is 5.61. The Kier molecular flexibility index (Phi) is 5.30. The summed E-state index contributed by atoms with van der Waals surface area (Å²) in [5, 5.41) is 8.23. The van der Waals surface area contributed by atoms with Crippen molar-refractivity contribution in [2.75, 3.05) is 13.1 Å². The fourth-order valence-electron chi connectivity index (χ4n) is 3.96. The van der Waals surface area contributed by atoms with E-state index in [1.165, 1.54) is 12.1 Å². The van der Waals surface area contributed by atoms with Gasteiger partial charge in [-0.1, -0.05) is 34.6 Å². The summed E-state index contributed by atoms with van der Waals surface area (Å²) < 4.78 is 24.2. The number of hydrogen-bond donors (Lipinski definition) is 0. The summed E-state index contributed by atoms with van der Waals surface area (Å²) in [6, 6.07) is 14.1. The highest BCUT2D eigenvalue weighted by Gasteiger charge is 2.27. The highest BCUT2D eigenvalue weighted by molar-refractivity contribution is 5.59. The maximum atomic E-state index is 13.2. The molecule has 0 N–H and O–H groups in total. The van der Waals surface area contributed by atoms with Gasteiger partial charge in [0, 0.05) is 17.7 Å². The van der Waals surface area contributed by atoms with Crippen molar-refractivity contribution in [1.82, 2.24) is 25.2 Å². The summed E-state index contributed by atoms with van der Waals surface area (Å²) in [5.41, 5.74) is 2.83. The van der Waals surface area contributed by atoms with Crippen LogP contribution in [-0.4, -0.2) is 38.3 Å². The molecule has 31 heavy (non-hydrogen) atoms. The van der Waals surface area contributed by atoms with Gasteiger partial charge in [0.25, 0.3) is 0 Å². The molecule has 2 aromatic heterocycles. The average Bonchev–Trinajstić information content (AvgIpc) is 3.45. The fraction of sp³-hybridized carbons (Fsp3) is 0.304. The van der Waals surface area contributed by atoms with Crippen LogP contribution >= 0.6 is 0 Å². The van der Waals surface area contributed by atoms with Crippen molar-refractivity contribution in [3.63, 3.8) is 0 Å². The summed E-state index contributed by atoms with van der Waals surface area (Å²) in [7, 11) is 0. The van der Waals surface area contributed by atoms with Crippen molar-refractivity contribution in [2.24, 2.45) is 0 Å². The van der Waals surface area contributed by atoms with Crippen LogP contribution in [0.5, 0.6) is 0 Å². The zero-order valence-electron chi connectivity index (χ0n) is 17.2. The van der Waals surface area contributed by atoms with E-state index in [1.54, 1.807) is 12.1 Å². The molecule has 4 aromatic rings. The third kappa shape index (κ3) is 4.25. The van der Waals surface area contributed by atoms with Crippen molar-refractivity contribution in [3.05, 3.63) is 71.7 Å². The molecule has 1 atom stereocenters. The van der Waals surface area contributed by atoms with Gasteiger partial charge in [0.05, 0.1) is 12.5 Å². The van der Waals surface area contributed by atoms with Crippen LogP contribution in [0.1, 0.15) is 36.1 Å². The summed E-state index contributed by atoms with van der Waals surface area (Å²) in [6.07, 6.45) is 1.98. The molecule has 1 aliphatic heterocycles. The van der Waals surface area contributed by atoms with Crippen LogP contribution in [0, 0.1) is 12.7 Å². The van der Waals surface area contributed by atoms with E-state index in [4.69, 9.17) is 9.05 Å². The van der Waals surface area contributed by atoms with Crippen LogP contribution < -0.4 is 0 Å². The minimum atomic E-state index is -0.290. The van der Waals surface area contributed by atoms with Gasteiger partial charge in [-0.05, 0) is 56.1 Å². The molecule has 0 spiro atoms. The van der Waals surface area contributed by atoms with Crippen LogP contribution in [-0.2, 0) is 6.54 Å². The van der Waals surface area contributed by atoms with Crippen molar-refractivity contribution in [1.29, 1.82) is 0 Å². The molecular weight excluding hydrogens is 397 g/mol. The fourth-order valence-corrected chi connectivity index (χ4v) is 3.96. The Morgan fingerprint density at radius 1 is 1.00 bits per heavy atom. The van der Waals surface area contributed by atoms with Crippen molar-refractivity contribution in [3.8, 4) is 22.8 Å². The first kappa shape index (κ1) is 19.6. The molecule has 7 nitrogen and oxygen atoms in total. The van der Waals surface area contributed by atoms with E-state index in [9.17, 15) is 4.39 Å². The Bertz CT molecular complexity index is 1170. The highest BCUT2D eigenvalue weighted by Crippen LogP contribution is 2.29. The maximum absolute atomic E-state index is 13.2. The van der Waals surface area contributed by atoms with Gasteiger partial charge in [0.1, 0.15) is 5.82 Å². The van der Waals surface area contributed by atoms with Crippen LogP contribution in [0.2, 0.25) is 0 Å². The monoisotopic (exact) mass is 419 g/mol. The smallest absolute Gasteiger partial charge is 0.241 e. The molecule has 1 saturated heterocycles. The van der Waals surface area contributed by atoms with Crippen LogP contribution in [0.25, 0.3) is 22.8 Å². The number of likely N-dealkylation sites (tertiary alicyclic amines) is 1. The standard InChI is InChI=1S/C23H22FN5O2/c1-15-5-2-3-7-19(15)22-25-20(30-28-22)14-29-12-4-6-17(13-29)23-26-21(27-31-23)16-8-10-18(24)11-9-16/h2-3,5,7-11,17H,4,6,12-14H2,1H3. The lowest BCUT2D eigenvalue weighted by atomic mass is 9.98. The highest BCUT2D eigenvalue weighted by atomic mass is 19.1. The van der Waals surface area contributed by atoms with Crippen LogP contribution in [0.15, 0.2) is 57.6 Å². The molecule has 0 aliphatic carbocycles. The average molecular weight is 419 g/mol. The Morgan fingerprint density at radius 3 is 2.65 bits per heavy atom. The molecule has 0 bridgehead atoms. The van der Waals surface area contributed by atoms with Crippen LogP contribution in [0.4, 0.5) is 4.39 Å². The lowest BCUT2D eigenvalue weighted by molar-refractivity contribution is 0.162. The predicted octanol–water partition coefficient (Wildman–Crippen LogP) is 4.61. The second kappa shape index (κ2) is 8.39. The Balaban J connectivity index is 1.26. The molecule has 158 valence electrons. The molecule has 8 heteroatoms. The molecule has 5 rings (SSSR count). The largest absolute Gasteiger partial charge is 0.339 e. The topological polar surface area (TPSA) is 81.1 Å². The number of hydrogen-bond acceptors (Lipinski definition) is 7. The molecule has 0 amide bonds. The van der Waals surface area contributed by atoms with Crippen molar-refractivity contribution in [2.45, 2.75) is 32.2 Å². The number of piperidine rings is 1. The number of benzene rings is 2. The second-order valence-electron chi connectivity index (χ2n) is 7.86. The number of rotatable bonds is 5. The summed E-state index contributed by atoms with van der Waals surface area (Å²) >= 11 is 0. The number of halogens is 1. The summed E-state index contributed by atoms with van der Waals surface area (Å²) in [4.78, 5) is 11.4. The van der Waals surface area contributed by atoms with Gasteiger partial charge in [0.15, 0.2) is 0 Å². The van der Waals surface area contributed by atoms with E-state index in [2.05, 4.69) is 25.2 Å². The molecule has 1 fully saturated rings. The lowest BCUT2D eigenvalue weighted by Crippen LogP contribution is -2.34. The van der Waals surface area contributed by atoms with Gasteiger partial charge in [-0.15, -0.1) is 0 Å². The third-order valence-corrected chi connectivity index (χ3v) is 5.61. The van der Waals surface area contributed by atoms with Crippen molar-refractivity contribution >= 4 is 0 Å². The van der Waals surface area contributed by atoms with Gasteiger partial charge in [-0.2, -0.15) is 9.97 Å². The first-order valence-corrected chi connectivity index (χ1v) is 10.4. The maximum Gasteiger partial charge on any atom is 0.241 e. The van der Waals surface area contributed by atoms with Gasteiger partial charge in [0.2, 0.25) is 23.4 Å². The SMILES string of the molecule is Cc1ccccc1-c1noc(CN2CCCC(c3nc(-c4ccc(F)cc4)no3)C2)n1. The molecule has 1 aliphatic rings. The first-order chi connectivity index (χ1) is 15.2. The molecule has 1 unspecified atom stereocenters. The quantitative estimate of drug-likeness (QED) is 0.467. The molecular formula is C23H22FN5O2. The molecule has 0 radical (unpaired) electrons. The Labute approximate surface area is 178 Å². The van der Waals surface area contributed by atoms with E-state index >= 15 is 0 Å². The Hall–Kier alpha value is -3.39. The van der Waals surface area contributed by atoms with E-state index < -0.39 is 0 Å². The minimum Gasteiger partial charge on any atom is -0.339 e. The number of aryl methyl sites for hydroxylation is 1. The summed E-state index contributed by atoms with van der Waals surface area (Å²) in [6.45, 7) is 4.32. The number of aromatic nitrogens is 4. The predicted molar refractivity (Wildman–Crippen MR) is 111 cm³/mol. The van der Waals surface area contributed by atoms with Crippen molar-refractivity contribution < 1.29 is 13.4 Å². The Morgan fingerprint density at radius 2 is 1.81 bits per heavy atom. The second-order valence-corrected chi connectivity index (χ2v) is 7.86. The van der Waals surface area contributed by atoms with Gasteiger partial charge in [-0.25, -0.2) is 4.39 Å². The van der Waals surface area contributed by atoms with Gasteiger partial charge >= 0.3 is 0 Å². The van der Waals surface area contributed by atoms with E-state index in [0.29, 0.717) is 30.0 Å². The number of nitrogens with zero attached hydrogens (tertiary/aromatic N) is 5. The van der Waals surface area contributed by atoms with E-state index in [0.717, 1.165) is 42.6 Å². The molecule has 0 saturated carbocycles. The minimum absolute atomic E-state index is 0.134. The zero-order valence-corrected chi connectivity index (χ0v) is 17.2. The van der Waals surface area contributed by atoms with E-state index in [1.807, 2.05) is 31.2 Å². The summed E-state index contributed by atoms with van der Waals surface area (Å²) in [5.74, 6) is 2.14. The molecule has 3 heterocycles. The zero-order chi connectivity index (χ0) is 21.2. The van der Waals surface area contributed by atoms with E-state index in [-0.39, 0.29) is 11.7 Å². The van der Waals surface area contributed by atoms with Gasteiger partial charge in [-0.3, -0.25) is 4.90 Å². The molecule has 2 aromatic carbocycles. The lowest BCUT2D eigenvalue weighted by Gasteiger charge is -2.29.